The zero-order chi connectivity index (χ0) is 17.0. The molecule has 0 saturated carbocycles. The molecule has 0 aliphatic carbocycles. The molecule has 3 N–H and O–H groups in total. The Kier molecular flexibility index (Phi) is 4.55. The normalized spacial score (nSPS) is 11.1. The van der Waals surface area contributed by atoms with Crippen LogP contribution in [0.4, 0.5) is 5.69 Å². The summed E-state index contributed by atoms with van der Waals surface area (Å²) in [7, 11) is 0. The van der Waals surface area contributed by atoms with E-state index in [1.807, 2.05) is 0 Å². The molecule has 2 aromatic carbocycles. The van der Waals surface area contributed by atoms with Crippen LogP contribution in [-0.2, 0) is 0 Å². The Balaban J connectivity index is 2.18. The molecule has 8 nitrogen and oxygen atoms in total. The van der Waals surface area contributed by atoms with Crippen LogP contribution in [0, 0.1) is 10.1 Å². The second-order valence-electron chi connectivity index (χ2n) is 4.65. The number of carbonyl (C=O) groups is 1. The van der Waals surface area contributed by atoms with Gasteiger partial charge in [-0.2, -0.15) is 5.10 Å². The predicted molar refractivity (Wildman–Crippen MR) is 82.5 cm³/mol. The Morgan fingerprint density at radius 3 is 2.65 bits per heavy atom. The highest BCUT2D eigenvalue weighted by atomic mass is 16.6. The molecule has 0 saturated heterocycles. The molecular formula is C15H13N3O5. The lowest BCUT2D eigenvalue weighted by molar-refractivity contribution is -0.384. The van der Waals surface area contributed by atoms with E-state index in [1.54, 1.807) is 0 Å². The van der Waals surface area contributed by atoms with Crippen molar-refractivity contribution in [3.8, 4) is 11.5 Å². The van der Waals surface area contributed by atoms with Crippen LogP contribution in [0.5, 0.6) is 11.5 Å². The van der Waals surface area contributed by atoms with E-state index in [0.717, 1.165) is 6.07 Å². The molecule has 0 fully saturated rings. The molecule has 0 unspecified atom stereocenters. The van der Waals surface area contributed by atoms with Crippen LogP contribution in [-0.4, -0.2) is 26.8 Å². The maximum atomic E-state index is 12.0. The highest BCUT2D eigenvalue weighted by Crippen LogP contribution is 2.22. The minimum absolute atomic E-state index is 0.0580. The highest BCUT2D eigenvalue weighted by Gasteiger charge is 2.12. The number of hydrazone groups is 1. The maximum Gasteiger partial charge on any atom is 0.271 e. The summed E-state index contributed by atoms with van der Waals surface area (Å²) >= 11 is 0. The molecule has 0 spiro atoms. The number of carbonyl (C=O) groups excluding carboxylic acids is 1. The van der Waals surface area contributed by atoms with Crippen molar-refractivity contribution in [2.45, 2.75) is 6.92 Å². The minimum atomic E-state index is -0.632. The molecule has 0 atom stereocenters. The van der Waals surface area contributed by atoms with Crippen molar-refractivity contribution in [3.05, 3.63) is 63.7 Å². The molecule has 0 heterocycles. The van der Waals surface area contributed by atoms with Gasteiger partial charge < -0.3 is 10.2 Å². The van der Waals surface area contributed by atoms with Gasteiger partial charge in [0.2, 0.25) is 0 Å². The average Bonchev–Trinajstić information content (AvgIpc) is 2.54. The molecule has 1 amide bonds. The molecule has 2 rings (SSSR count). The first-order valence-corrected chi connectivity index (χ1v) is 6.50. The van der Waals surface area contributed by atoms with Crippen molar-refractivity contribution in [3.63, 3.8) is 0 Å². The third-order valence-electron chi connectivity index (χ3n) is 3.01. The first-order chi connectivity index (χ1) is 10.9. The van der Waals surface area contributed by atoms with Crippen molar-refractivity contribution in [1.29, 1.82) is 0 Å². The van der Waals surface area contributed by atoms with E-state index in [0.29, 0.717) is 0 Å². The fourth-order valence-electron chi connectivity index (χ4n) is 1.83. The number of hydrogen-bond acceptors (Lipinski definition) is 6. The molecule has 23 heavy (non-hydrogen) atoms. The lowest BCUT2D eigenvalue weighted by atomic mass is 10.1. The van der Waals surface area contributed by atoms with Gasteiger partial charge in [-0.3, -0.25) is 14.9 Å². The standard InChI is InChI=1S/C15H13N3O5/c1-9(13-8-12(19)5-6-14(13)20)16-17-15(21)10-3-2-4-11(7-10)18(22)23/h2-8,19-20H,1H3,(H,17,21)/b16-9-. The SMILES string of the molecule is C/C(=N/NC(=O)c1cccc([N+](=O)[O-])c1)c1cc(O)ccc1O. The third-order valence-corrected chi connectivity index (χ3v) is 3.01. The summed E-state index contributed by atoms with van der Waals surface area (Å²) in [6, 6.07) is 9.12. The second-order valence-corrected chi connectivity index (χ2v) is 4.65. The average molecular weight is 315 g/mol. The monoisotopic (exact) mass is 315 g/mol. The van der Waals surface area contributed by atoms with Gasteiger partial charge in [0, 0.05) is 23.3 Å². The van der Waals surface area contributed by atoms with Crippen LogP contribution >= 0.6 is 0 Å². The Bertz CT molecular complexity index is 801. The lowest BCUT2D eigenvalue weighted by Gasteiger charge is -2.05. The maximum absolute atomic E-state index is 12.0. The molecule has 0 bridgehead atoms. The first-order valence-electron chi connectivity index (χ1n) is 6.50. The van der Waals surface area contributed by atoms with E-state index in [2.05, 4.69) is 10.5 Å². The number of nitrogens with one attached hydrogen (secondary N) is 1. The number of amides is 1. The number of benzene rings is 2. The number of hydrogen-bond donors (Lipinski definition) is 3. The summed E-state index contributed by atoms with van der Waals surface area (Å²) in [6.07, 6.45) is 0. The molecule has 0 aliphatic heterocycles. The zero-order valence-electron chi connectivity index (χ0n) is 12.1. The van der Waals surface area contributed by atoms with Crippen LogP contribution in [0.3, 0.4) is 0 Å². The van der Waals surface area contributed by atoms with Crippen LogP contribution in [0.1, 0.15) is 22.8 Å². The van der Waals surface area contributed by atoms with Crippen molar-refractivity contribution in [2.75, 3.05) is 0 Å². The number of phenols is 2. The fraction of sp³-hybridized carbons (Fsp3) is 0.0667. The number of aromatic hydroxyl groups is 2. The van der Waals surface area contributed by atoms with Gasteiger partial charge in [0.1, 0.15) is 11.5 Å². The van der Waals surface area contributed by atoms with Gasteiger partial charge in [-0.05, 0) is 31.2 Å². The van der Waals surface area contributed by atoms with Gasteiger partial charge in [0.25, 0.3) is 11.6 Å². The number of nitro groups is 1. The molecular weight excluding hydrogens is 302 g/mol. The predicted octanol–water partition coefficient (Wildman–Crippen LogP) is 2.16. The summed E-state index contributed by atoms with van der Waals surface area (Å²) in [4.78, 5) is 22.0. The first kappa shape index (κ1) is 16.0. The Hall–Kier alpha value is -3.42. The molecule has 0 radical (unpaired) electrons. The van der Waals surface area contributed by atoms with Gasteiger partial charge in [-0.25, -0.2) is 5.43 Å². The molecule has 8 heteroatoms. The summed E-state index contributed by atoms with van der Waals surface area (Å²) in [6.45, 7) is 1.53. The Morgan fingerprint density at radius 2 is 1.96 bits per heavy atom. The van der Waals surface area contributed by atoms with Crippen LogP contribution < -0.4 is 5.43 Å². The molecule has 2 aromatic rings. The Morgan fingerprint density at radius 1 is 1.22 bits per heavy atom. The topological polar surface area (TPSA) is 125 Å². The largest absolute Gasteiger partial charge is 0.508 e. The number of nitro benzene ring substituents is 1. The van der Waals surface area contributed by atoms with Gasteiger partial charge in [-0.15, -0.1) is 0 Å². The molecule has 118 valence electrons. The summed E-state index contributed by atoms with van der Waals surface area (Å²) in [5.74, 6) is -0.793. The van der Waals surface area contributed by atoms with E-state index in [9.17, 15) is 25.1 Å². The number of rotatable bonds is 4. The van der Waals surface area contributed by atoms with Crippen LogP contribution in [0.25, 0.3) is 0 Å². The van der Waals surface area contributed by atoms with E-state index in [1.165, 1.54) is 43.3 Å². The second kappa shape index (κ2) is 6.56. The van der Waals surface area contributed by atoms with Gasteiger partial charge >= 0.3 is 0 Å². The van der Waals surface area contributed by atoms with Crippen LogP contribution in [0.15, 0.2) is 47.6 Å². The number of non-ortho nitro benzene ring substituents is 1. The Labute approximate surface area is 130 Å². The lowest BCUT2D eigenvalue weighted by Crippen LogP contribution is -2.19. The quantitative estimate of drug-likeness (QED) is 0.345. The minimum Gasteiger partial charge on any atom is -0.508 e. The van der Waals surface area contributed by atoms with Gasteiger partial charge in [0.15, 0.2) is 0 Å². The fourth-order valence-corrected chi connectivity index (χ4v) is 1.83. The zero-order valence-corrected chi connectivity index (χ0v) is 12.1. The number of nitrogens with zero attached hydrogens (tertiary/aromatic N) is 2. The van der Waals surface area contributed by atoms with E-state index in [4.69, 9.17) is 0 Å². The van der Waals surface area contributed by atoms with E-state index < -0.39 is 10.8 Å². The molecule has 0 aliphatic rings. The summed E-state index contributed by atoms with van der Waals surface area (Å²) in [5, 5.41) is 33.6. The van der Waals surface area contributed by atoms with E-state index >= 15 is 0 Å². The number of phenolic OH excluding ortho intramolecular Hbond substituents is 2. The van der Waals surface area contributed by atoms with E-state index in [-0.39, 0.29) is 34.0 Å². The van der Waals surface area contributed by atoms with Crippen molar-refractivity contribution < 1.29 is 19.9 Å². The summed E-state index contributed by atoms with van der Waals surface area (Å²) in [5.41, 5.74) is 2.63. The van der Waals surface area contributed by atoms with Crippen molar-refractivity contribution >= 4 is 17.3 Å². The van der Waals surface area contributed by atoms with Crippen molar-refractivity contribution in [2.24, 2.45) is 5.10 Å². The van der Waals surface area contributed by atoms with Gasteiger partial charge in [0.05, 0.1) is 10.6 Å². The van der Waals surface area contributed by atoms with Crippen molar-refractivity contribution in [1.82, 2.24) is 5.43 Å². The van der Waals surface area contributed by atoms with Crippen LogP contribution in [0.2, 0.25) is 0 Å². The summed E-state index contributed by atoms with van der Waals surface area (Å²) < 4.78 is 0. The smallest absolute Gasteiger partial charge is 0.271 e. The molecule has 0 aromatic heterocycles. The van der Waals surface area contributed by atoms with Gasteiger partial charge in [-0.1, -0.05) is 6.07 Å². The highest BCUT2D eigenvalue weighted by molar-refractivity contribution is 6.03. The third kappa shape index (κ3) is 3.82.